The van der Waals surface area contributed by atoms with Crippen LogP contribution in [0.25, 0.3) is 0 Å². The van der Waals surface area contributed by atoms with Crippen LogP contribution in [0.3, 0.4) is 0 Å². The van der Waals surface area contributed by atoms with Crippen molar-refractivity contribution in [2.45, 2.75) is 13.3 Å². The highest BCUT2D eigenvalue weighted by atomic mass is 19.1. The Morgan fingerprint density at radius 3 is 2.00 bits per heavy atom. The summed E-state index contributed by atoms with van der Waals surface area (Å²) < 4.78 is 23.7. The molecule has 0 bridgehead atoms. The summed E-state index contributed by atoms with van der Waals surface area (Å²) in [6, 6.07) is 13.7. The molecule has 0 heterocycles. The predicted octanol–water partition coefficient (Wildman–Crippen LogP) is 4.03. The van der Waals surface area contributed by atoms with Crippen molar-refractivity contribution >= 4 is 0 Å². The fourth-order valence-corrected chi connectivity index (χ4v) is 1.78. The Kier molecular flexibility index (Phi) is 6.47. The molecule has 0 radical (unpaired) electrons. The highest BCUT2D eigenvalue weighted by molar-refractivity contribution is 5.44. The molecule has 0 aromatic heterocycles. The summed E-state index contributed by atoms with van der Waals surface area (Å²) in [6.07, 6.45) is 1.02. The van der Waals surface area contributed by atoms with Crippen LogP contribution in [0.4, 0.5) is 4.39 Å². The molecule has 2 aromatic rings. The van der Waals surface area contributed by atoms with Gasteiger partial charge >= 0.3 is 0 Å². The summed E-state index contributed by atoms with van der Waals surface area (Å²) in [7, 11) is 0. The van der Waals surface area contributed by atoms with Crippen molar-refractivity contribution < 1.29 is 13.9 Å². The van der Waals surface area contributed by atoms with Crippen LogP contribution in [0.15, 0.2) is 48.5 Å². The van der Waals surface area contributed by atoms with Gasteiger partial charge in [0.15, 0.2) is 0 Å². The third-order valence-electron chi connectivity index (χ3n) is 2.89. The fraction of sp³-hybridized carbons (Fsp3) is 0.263. The van der Waals surface area contributed by atoms with Gasteiger partial charge in [0.1, 0.15) is 18.2 Å². The SMILES string of the molecule is CCCOCCOc1ccc(C#Cc2ccc(F)cc2)cc1. The average molecular weight is 298 g/mol. The fourth-order valence-electron chi connectivity index (χ4n) is 1.78. The lowest BCUT2D eigenvalue weighted by molar-refractivity contribution is 0.101. The molecule has 2 aromatic carbocycles. The van der Waals surface area contributed by atoms with Crippen LogP contribution in [-0.4, -0.2) is 19.8 Å². The van der Waals surface area contributed by atoms with Crippen molar-refractivity contribution in [2.75, 3.05) is 19.8 Å². The molecule has 0 aliphatic rings. The lowest BCUT2D eigenvalue weighted by Crippen LogP contribution is -2.06. The number of halogens is 1. The van der Waals surface area contributed by atoms with Gasteiger partial charge in [-0.25, -0.2) is 4.39 Å². The van der Waals surface area contributed by atoms with E-state index in [1.165, 1.54) is 12.1 Å². The van der Waals surface area contributed by atoms with Gasteiger partial charge in [0.2, 0.25) is 0 Å². The molecule has 0 amide bonds. The van der Waals surface area contributed by atoms with Gasteiger partial charge in [-0.1, -0.05) is 18.8 Å². The number of rotatable bonds is 6. The molecule has 2 rings (SSSR count). The van der Waals surface area contributed by atoms with Gasteiger partial charge < -0.3 is 9.47 Å². The van der Waals surface area contributed by atoms with Gasteiger partial charge in [0.05, 0.1) is 6.61 Å². The van der Waals surface area contributed by atoms with E-state index in [1.54, 1.807) is 12.1 Å². The highest BCUT2D eigenvalue weighted by Gasteiger charge is 1.94. The van der Waals surface area contributed by atoms with Crippen LogP contribution >= 0.6 is 0 Å². The van der Waals surface area contributed by atoms with Crippen molar-refractivity contribution in [1.82, 2.24) is 0 Å². The van der Waals surface area contributed by atoms with E-state index in [0.29, 0.717) is 13.2 Å². The summed E-state index contributed by atoms with van der Waals surface area (Å²) >= 11 is 0. The van der Waals surface area contributed by atoms with Crippen LogP contribution in [0.2, 0.25) is 0 Å². The normalized spacial score (nSPS) is 9.91. The first-order valence-corrected chi connectivity index (χ1v) is 7.36. The van der Waals surface area contributed by atoms with Crippen molar-refractivity contribution in [3.05, 3.63) is 65.5 Å². The van der Waals surface area contributed by atoms with Crippen molar-refractivity contribution in [2.24, 2.45) is 0 Å². The Balaban J connectivity index is 1.85. The predicted molar refractivity (Wildman–Crippen MR) is 85.4 cm³/mol. The molecule has 0 aliphatic heterocycles. The first-order chi connectivity index (χ1) is 10.8. The zero-order chi connectivity index (χ0) is 15.6. The van der Waals surface area contributed by atoms with Crippen LogP contribution < -0.4 is 4.74 Å². The molecule has 0 fully saturated rings. The molecule has 114 valence electrons. The number of hydrogen-bond donors (Lipinski definition) is 0. The summed E-state index contributed by atoms with van der Waals surface area (Å²) in [5, 5.41) is 0. The molecule has 2 nitrogen and oxygen atoms in total. The van der Waals surface area contributed by atoms with Crippen molar-refractivity contribution in [3.8, 4) is 17.6 Å². The van der Waals surface area contributed by atoms with E-state index in [1.807, 2.05) is 24.3 Å². The lowest BCUT2D eigenvalue weighted by atomic mass is 10.2. The van der Waals surface area contributed by atoms with Gasteiger partial charge in [-0.05, 0) is 55.0 Å². The number of ether oxygens (including phenoxy) is 2. The van der Waals surface area contributed by atoms with Crippen molar-refractivity contribution in [3.63, 3.8) is 0 Å². The standard InChI is InChI=1S/C19H19FO2/c1-2-13-21-14-15-22-19-11-7-17(8-12-19)4-3-16-5-9-18(20)10-6-16/h5-12H,2,13-15H2,1H3. The number of benzene rings is 2. The Morgan fingerprint density at radius 1 is 0.818 bits per heavy atom. The van der Waals surface area contributed by atoms with E-state index in [2.05, 4.69) is 18.8 Å². The molecule has 0 saturated heterocycles. The maximum Gasteiger partial charge on any atom is 0.123 e. The largest absolute Gasteiger partial charge is 0.491 e. The molecule has 0 atom stereocenters. The molecule has 0 aliphatic carbocycles. The molecular formula is C19H19FO2. The highest BCUT2D eigenvalue weighted by Crippen LogP contribution is 2.11. The van der Waals surface area contributed by atoms with E-state index in [0.717, 1.165) is 29.9 Å². The molecule has 0 unspecified atom stereocenters. The lowest BCUT2D eigenvalue weighted by Gasteiger charge is -2.06. The minimum absolute atomic E-state index is 0.255. The molecule has 0 N–H and O–H groups in total. The Bertz CT molecular complexity index is 621. The molecule has 22 heavy (non-hydrogen) atoms. The van der Waals surface area contributed by atoms with Gasteiger partial charge in [-0.15, -0.1) is 0 Å². The Morgan fingerprint density at radius 2 is 1.41 bits per heavy atom. The summed E-state index contributed by atoms with van der Waals surface area (Å²) in [5.41, 5.74) is 1.67. The van der Waals surface area contributed by atoms with E-state index in [9.17, 15) is 4.39 Å². The van der Waals surface area contributed by atoms with E-state index < -0.39 is 0 Å². The third-order valence-corrected chi connectivity index (χ3v) is 2.89. The summed E-state index contributed by atoms with van der Waals surface area (Å²) in [5.74, 6) is 6.58. The second-order valence-corrected chi connectivity index (χ2v) is 4.74. The zero-order valence-corrected chi connectivity index (χ0v) is 12.6. The molecule has 0 spiro atoms. The summed E-state index contributed by atoms with van der Waals surface area (Å²) in [6.45, 7) is 3.98. The zero-order valence-electron chi connectivity index (χ0n) is 12.6. The Hall–Kier alpha value is -2.31. The van der Waals surface area contributed by atoms with Crippen LogP contribution in [0, 0.1) is 17.7 Å². The first-order valence-electron chi connectivity index (χ1n) is 7.36. The monoisotopic (exact) mass is 298 g/mol. The van der Waals surface area contributed by atoms with E-state index >= 15 is 0 Å². The van der Waals surface area contributed by atoms with E-state index in [4.69, 9.17) is 9.47 Å². The first kappa shape index (κ1) is 16.1. The topological polar surface area (TPSA) is 18.5 Å². The quantitative estimate of drug-likeness (QED) is 0.592. The van der Waals surface area contributed by atoms with Crippen LogP contribution in [0.1, 0.15) is 24.5 Å². The van der Waals surface area contributed by atoms with Crippen molar-refractivity contribution in [1.29, 1.82) is 0 Å². The molecular weight excluding hydrogens is 279 g/mol. The minimum atomic E-state index is -0.255. The third kappa shape index (κ3) is 5.59. The average Bonchev–Trinajstić information content (AvgIpc) is 2.55. The molecule has 0 saturated carbocycles. The maximum absolute atomic E-state index is 12.8. The second-order valence-electron chi connectivity index (χ2n) is 4.74. The van der Waals surface area contributed by atoms with Crippen LogP contribution in [-0.2, 0) is 4.74 Å². The smallest absolute Gasteiger partial charge is 0.123 e. The maximum atomic E-state index is 12.8. The Labute approximate surface area is 130 Å². The van der Waals surface area contributed by atoms with Gasteiger partial charge in [0, 0.05) is 17.7 Å². The molecule has 3 heteroatoms. The minimum Gasteiger partial charge on any atom is -0.491 e. The van der Waals surface area contributed by atoms with Gasteiger partial charge in [0.25, 0.3) is 0 Å². The second kappa shape index (κ2) is 8.86. The van der Waals surface area contributed by atoms with E-state index in [-0.39, 0.29) is 5.82 Å². The van der Waals surface area contributed by atoms with Gasteiger partial charge in [-0.2, -0.15) is 0 Å². The summed E-state index contributed by atoms with van der Waals surface area (Å²) in [4.78, 5) is 0. The van der Waals surface area contributed by atoms with Gasteiger partial charge in [-0.3, -0.25) is 0 Å². The van der Waals surface area contributed by atoms with Crippen LogP contribution in [0.5, 0.6) is 5.75 Å². The number of hydrogen-bond acceptors (Lipinski definition) is 2.